The Hall–Kier alpha value is -2.35. The van der Waals surface area contributed by atoms with E-state index in [-0.39, 0.29) is 17.7 Å². The van der Waals surface area contributed by atoms with Gasteiger partial charge in [-0.05, 0) is 62.1 Å². The van der Waals surface area contributed by atoms with E-state index in [9.17, 15) is 39.8 Å². The second-order valence-electron chi connectivity index (χ2n) is 10.1. The van der Waals surface area contributed by atoms with Crippen LogP contribution in [0.3, 0.4) is 0 Å². The normalized spacial score (nSPS) is 28.1. The number of carboxylic acid groups (broad SMARTS) is 1. The lowest BCUT2D eigenvalue weighted by molar-refractivity contribution is -0.271. The van der Waals surface area contributed by atoms with Gasteiger partial charge in [-0.25, -0.2) is 9.18 Å². The van der Waals surface area contributed by atoms with Gasteiger partial charge >= 0.3 is 5.97 Å². The predicted molar refractivity (Wildman–Crippen MR) is 137 cm³/mol. The Morgan fingerprint density at radius 3 is 2.41 bits per heavy atom. The molecule has 6 N–H and O–H groups in total. The molecule has 2 aromatic rings. The summed E-state index contributed by atoms with van der Waals surface area (Å²) < 4.78 is 24.7. The van der Waals surface area contributed by atoms with Gasteiger partial charge in [0.1, 0.15) is 29.9 Å². The molecule has 39 heavy (non-hydrogen) atoms. The number of rotatable bonds is 9. The minimum atomic E-state index is -1.90. The van der Waals surface area contributed by atoms with E-state index in [4.69, 9.17) is 21.1 Å². The molecule has 2 fully saturated rings. The number of halogens is 2. The molecule has 2 aliphatic rings. The maximum absolute atomic E-state index is 14.0. The molecule has 0 bridgehead atoms. The number of hydrogen-bond donors (Lipinski definition) is 6. The fourth-order valence-corrected chi connectivity index (χ4v) is 5.15. The maximum atomic E-state index is 14.0. The molecule has 0 unspecified atom stereocenters. The number of carboxylic acids is 1. The lowest BCUT2D eigenvalue weighted by Gasteiger charge is -2.39. The average Bonchev–Trinajstić information content (AvgIpc) is 2.90. The SMILES string of the molecule is O=C(O)[C@H]1O[C@@H](Oc2cc(F)ccc2[C@@H](O)CCCN2CCC(O)(c3ccc(Cl)cc3)CC2)[C@H](O)[C@@H](O)[C@@H]1O. The van der Waals surface area contributed by atoms with Gasteiger partial charge in [0, 0.05) is 29.7 Å². The molecule has 0 aliphatic carbocycles. The number of likely N-dealkylation sites (tertiary alicyclic amines) is 1. The van der Waals surface area contributed by atoms with E-state index in [0.29, 0.717) is 43.9 Å². The van der Waals surface area contributed by atoms with E-state index in [2.05, 4.69) is 4.90 Å². The average molecular weight is 570 g/mol. The van der Waals surface area contributed by atoms with Crippen molar-refractivity contribution >= 4 is 17.6 Å². The fourth-order valence-electron chi connectivity index (χ4n) is 5.02. The minimum Gasteiger partial charge on any atom is -0.479 e. The predicted octanol–water partition coefficient (Wildman–Crippen LogP) is 1.55. The summed E-state index contributed by atoms with van der Waals surface area (Å²) in [5, 5.41) is 61.9. The standard InChI is InChI=1S/C27H33ClFNO9/c28-16-5-3-15(4-6-16)27(37)9-12-30(13-10-27)11-1-2-19(31)18-8-7-17(29)14-20(18)38-26-23(34)21(32)22(33)24(39-26)25(35)36/h3-8,14,19,21-24,26,31-34,37H,1-2,9-13H2,(H,35,36)/t19-,21-,22-,23+,24-,26+/m0/s1. The van der Waals surface area contributed by atoms with Crippen LogP contribution in [0.5, 0.6) is 5.75 Å². The van der Waals surface area contributed by atoms with Gasteiger partial charge in [-0.15, -0.1) is 0 Å². The molecule has 2 saturated heterocycles. The summed E-state index contributed by atoms with van der Waals surface area (Å²) in [5.74, 6) is -2.47. The van der Waals surface area contributed by atoms with Gasteiger partial charge in [0.25, 0.3) is 0 Å². The van der Waals surface area contributed by atoms with Gasteiger partial charge in [0.2, 0.25) is 6.29 Å². The Morgan fingerprint density at radius 1 is 1.10 bits per heavy atom. The molecule has 0 radical (unpaired) electrons. The highest BCUT2D eigenvalue weighted by Gasteiger charge is 2.48. The summed E-state index contributed by atoms with van der Waals surface area (Å²) in [6.45, 7) is 1.98. The third-order valence-corrected chi connectivity index (χ3v) is 7.66. The molecule has 0 spiro atoms. The van der Waals surface area contributed by atoms with Gasteiger partial charge in [-0.1, -0.05) is 23.7 Å². The highest BCUT2D eigenvalue weighted by molar-refractivity contribution is 6.30. The molecule has 6 atom stereocenters. The number of piperidine rings is 1. The zero-order valence-corrected chi connectivity index (χ0v) is 21.8. The number of aliphatic hydroxyl groups is 5. The smallest absolute Gasteiger partial charge is 0.335 e. The first kappa shape index (κ1) is 29.6. The molecule has 2 aliphatic heterocycles. The number of nitrogens with zero attached hydrogens (tertiary/aromatic N) is 1. The topological polar surface area (TPSA) is 160 Å². The van der Waals surface area contributed by atoms with Crippen molar-refractivity contribution in [2.45, 2.75) is 68.1 Å². The number of aliphatic carboxylic acids is 1. The Balaban J connectivity index is 1.33. The molecule has 0 amide bonds. The largest absolute Gasteiger partial charge is 0.479 e. The Labute approximate surface area is 229 Å². The lowest BCUT2D eigenvalue weighted by atomic mass is 9.84. The molecule has 0 saturated carbocycles. The van der Waals surface area contributed by atoms with E-state index in [0.717, 1.165) is 17.7 Å². The van der Waals surface area contributed by atoms with Crippen molar-refractivity contribution in [1.82, 2.24) is 4.90 Å². The van der Waals surface area contributed by atoms with Crippen molar-refractivity contribution < 1.29 is 49.3 Å². The first-order valence-corrected chi connectivity index (χ1v) is 13.1. The van der Waals surface area contributed by atoms with E-state index in [1.54, 1.807) is 12.1 Å². The van der Waals surface area contributed by atoms with Crippen LogP contribution in [0.15, 0.2) is 42.5 Å². The van der Waals surface area contributed by atoms with Gasteiger partial charge in [0.05, 0.1) is 11.7 Å². The molecule has 2 aromatic carbocycles. The van der Waals surface area contributed by atoms with Crippen LogP contribution in [0, 0.1) is 5.82 Å². The van der Waals surface area contributed by atoms with Crippen molar-refractivity contribution in [3.63, 3.8) is 0 Å². The van der Waals surface area contributed by atoms with Crippen LogP contribution < -0.4 is 4.74 Å². The number of benzene rings is 2. The second kappa shape index (κ2) is 12.4. The summed E-state index contributed by atoms with van der Waals surface area (Å²) in [6.07, 6.45) is -8.33. The number of hydrogen-bond acceptors (Lipinski definition) is 9. The first-order valence-electron chi connectivity index (χ1n) is 12.8. The van der Waals surface area contributed by atoms with Gasteiger partial charge in [0.15, 0.2) is 6.10 Å². The van der Waals surface area contributed by atoms with Crippen molar-refractivity contribution in [2.24, 2.45) is 0 Å². The number of ether oxygens (including phenoxy) is 2. The zero-order chi connectivity index (χ0) is 28.3. The maximum Gasteiger partial charge on any atom is 0.335 e. The van der Waals surface area contributed by atoms with Crippen molar-refractivity contribution in [2.75, 3.05) is 19.6 Å². The van der Waals surface area contributed by atoms with Gasteiger partial charge in [-0.2, -0.15) is 0 Å². The third-order valence-electron chi connectivity index (χ3n) is 7.41. The van der Waals surface area contributed by atoms with Crippen LogP contribution in [0.4, 0.5) is 4.39 Å². The van der Waals surface area contributed by atoms with Gasteiger partial charge < -0.3 is 45.0 Å². The highest BCUT2D eigenvalue weighted by Crippen LogP contribution is 2.35. The molecular formula is C27H33ClFNO9. The molecule has 2 heterocycles. The Morgan fingerprint density at radius 2 is 1.77 bits per heavy atom. The molecule has 0 aromatic heterocycles. The van der Waals surface area contributed by atoms with Crippen LogP contribution in [0.1, 0.15) is 42.9 Å². The van der Waals surface area contributed by atoms with E-state index >= 15 is 0 Å². The molecule has 10 nitrogen and oxygen atoms in total. The van der Waals surface area contributed by atoms with Crippen LogP contribution >= 0.6 is 11.6 Å². The minimum absolute atomic E-state index is 0.190. The quantitative estimate of drug-likeness (QED) is 0.261. The fraction of sp³-hybridized carbons (Fsp3) is 0.519. The summed E-state index contributed by atoms with van der Waals surface area (Å²) in [7, 11) is 0. The third kappa shape index (κ3) is 6.87. The van der Waals surface area contributed by atoms with Crippen LogP contribution in [-0.4, -0.2) is 91.8 Å². The molecule has 12 heteroatoms. The Kier molecular flexibility index (Phi) is 9.45. The number of carbonyl (C=O) groups is 1. The lowest BCUT2D eigenvalue weighted by Crippen LogP contribution is -2.61. The van der Waals surface area contributed by atoms with E-state index < -0.39 is 54.2 Å². The van der Waals surface area contributed by atoms with Crippen LogP contribution in [-0.2, 0) is 15.1 Å². The van der Waals surface area contributed by atoms with E-state index in [1.807, 2.05) is 12.1 Å². The highest BCUT2D eigenvalue weighted by atomic mass is 35.5. The van der Waals surface area contributed by atoms with Gasteiger partial charge in [-0.3, -0.25) is 0 Å². The summed E-state index contributed by atoms with van der Waals surface area (Å²) >= 11 is 5.95. The molecule has 214 valence electrons. The van der Waals surface area contributed by atoms with Crippen molar-refractivity contribution in [3.05, 3.63) is 64.4 Å². The zero-order valence-electron chi connectivity index (χ0n) is 21.1. The Bertz CT molecular complexity index is 1130. The second-order valence-corrected chi connectivity index (χ2v) is 10.5. The molecule has 4 rings (SSSR count). The molecular weight excluding hydrogens is 537 g/mol. The van der Waals surface area contributed by atoms with Crippen molar-refractivity contribution in [3.8, 4) is 5.75 Å². The van der Waals surface area contributed by atoms with E-state index in [1.165, 1.54) is 6.07 Å². The van der Waals surface area contributed by atoms with Crippen LogP contribution in [0.25, 0.3) is 0 Å². The summed E-state index contributed by atoms with van der Waals surface area (Å²) in [6, 6.07) is 10.6. The first-order chi connectivity index (χ1) is 18.5. The summed E-state index contributed by atoms with van der Waals surface area (Å²) in [5.41, 5.74) is 0.0979. The monoisotopic (exact) mass is 569 g/mol. The van der Waals surface area contributed by atoms with Crippen LogP contribution in [0.2, 0.25) is 5.02 Å². The summed E-state index contributed by atoms with van der Waals surface area (Å²) in [4.78, 5) is 13.5. The van der Waals surface area contributed by atoms with Crippen molar-refractivity contribution in [1.29, 1.82) is 0 Å². The number of aliphatic hydroxyl groups excluding tert-OH is 4.